The number of carbonyl (C=O) groups is 2. The molecule has 0 radical (unpaired) electrons. The molecule has 3 amide bonds. The lowest BCUT2D eigenvalue weighted by Crippen LogP contribution is -2.46. The zero-order chi connectivity index (χ0) is 33.5. The molecule has 3 aliphatic rings. The zero-order valence-electron chi connectivity index (χ0n) is 26.8. The number of H-pyrrole nitrogens is 1. The van der Waals surface area contributed by atoms with Crippen molar-refractivity contribution in [2.24, 2.45) is 0 Å². The van der Waals surface area contributed by atoms with Gasteiger partial charge in [-0.25, -0.2) is 18.2 Å². The number of amides is 3. The fourth-order valence-electron chi connectivity index (χ4n) is 6.90. The number of fused-ring (bicyclic) bond motifs is 2. The van der Waals surface area contributed by atoms with E-state index in [1.54, 1.807) is 29.0 Å². The van der Waals surface area contributed by atoms with Gasteiger partial charge < -0.3 is 25.8 Å². The molecule has 3 aliphatic heterocycles. The number of carbonyl (C=O) groups excluding carboxylic acids is 2. The molecule has 2 aromatic carbocycles. The molecule has 1 aromatic heterocycles. The number of hydrogen-bond acceptors (Lipinski definition) is 8. The van der Waals surface area contributed by atoms with Gasteiger partial charge in [-0.1, -0.05) is 36.8 Å². The third kappa shape index (κ3) is 8.32. The number of nitrogens with one attached hydrogen (secondary N) is 4. The maximum Gasteiger partial charge on any atom is 0.315 e. The van der Waals surface area contributed by atoms with Crippen molar-refractivity contribution in [3.63, 3.8) is 0 Å². The first-order valence-electron chi connectivity index (χ1n) is 16.5. The first-order chi connectivity index (χ1) is 23.3. The number of nitriles is 1. The van der Waals surface area contributed by atoms with Gasteiger partial charge in [0, 0.05) is 55.0 Å². The van der Waals surface area contributed by atoms with Crippen molar-refractivity contribution in [3.05, 3.63) is 83.4 Å². The molecule has 254 valence electrons. The van der Waals surface area contributed by atoms with Crippen LogP contribution in [-0.4, -0.2) is 82.6 Å². The predicted molar refractivity (Wildman–Crippen MR) is 186 cm³/mol. The molecule has 4 atom stereocenters. The van der Waals surface area contributed by atoms with E-state index in [-0.39, 0.29) is 48.9 Å². The van der Waals surface area contributed by atoms with Crippen LogP contribution in [0.2, 0.25) is 0 Å². The van der Waals surface area contributed by atoms with Crippen LogP contribution in [0.15, 0.2) is 61.1 Å². The lowest BCUT2D eigenvalue weighted by atomic mass is 10.0. The van der Waals surface area contributed by atoms with E-state index in [0.29, 0.717) is 43.2 Å². The van der Waals surface area contributed by atoms with Gasteiger partial charge in [0.15, 0.2) is 0 Å². The average Bonchev–Trinajstić information content (AvgIpc) is 3.80. The maximum absolute atomic E-state index is 14.1. The number of aromatic nitrogens is 2. The molecule has 2 fully saturated rings. The van der Waals surface area contributed by atoms with Crippen LogP contribution in [0.4, 0.5) is 10.5 Å². The number of sulfonamides is 1. The summed E-state index contributed by atoms with van der Waals surface area (Å²) in [6.45, 7) is 1.39. The summed E-state index contributed by atoms with van der Waals surface area (Å²) >= 11 is 1.87. The van der Waals surface area contributed by atoms with E-state index in [2.05, 4.69) is 36.9 Å². The predicted octanol–water partition coefficient (Wildman–Crippen LogP) is 3.28. The Morgan fingerprint density at radius 1 is 1.12 bits per heavy atom. The largest absolute Gasteiger partial charge is 0.364 e. The summed E-state index contributed by atoms with van der Waals surface area (Å²) < 4.78 is 29.8. The summed E-state index contributed by atoms with van der Waals surface area (Å²) in [4.78, 5) is 33.7. The molecule has 0 saturated carbocycles. The number of benzene rings is 2. The highest BCUT2D eigenvalue weighted by Crippen LogP contribution is 2.34. The highest BCUT2D eigenvalue weighted by Gasteiger charge is 2.42. The van der Waals surface area contributed by atoms with Crippen molar-refractivity contribution in [1.82, 2.24) is 30.2 Å². The number of nitrogens with zero attached hydrogens (tertiary/aromatic N) is 4. The van der Waals surface area contributed by atoms with Gasteiger partial charge in [-0.15, -0.1) is 0 Å². The van der Waals surface area contributed by atoms with E-state index < -0.39 is 10.0 Å². The van der Waals surface area contributed by atoms with Crippen LogP contribution >= 0.6 is 11.8 Å². The van der Waals surface area contributed by atoms with E-state index in [9.17, 15) is 23.3 Å². The molecule has 12 nitrogen and oxygen atoms in total. The van der Waals surface area contributed by atoms with E-state index in [1.165, 1.54) is 0 Å². The lowest BCUT2D eigenvalue weighted by Gasteiger charge is -2.32. The van der Waals surface area contributed by atoms with E-state index >= 15 is 0 Å². The van der Waals surface area contributed by atoms with Gasteiger partial charge in [-0.05, 0) is 55.0 Å². The Hall–Kier alpha value is -4.06. The highest BCUT2D eigenvalue weighted by molar-refractivity contribution is 8.00. The third-order valence-electron chi connectivity index (χ3n) is 9.28. The molecule has 0 spiro atoms. The third-order valence-corrected chi connectivity index (χ3v) is 12.7. The van der Waals surface area contributed by atoms with Crippen LogP contribution in [0.1, 0.15) is 54.5 Å². The summed E-state index contributed by atoms with van der Waals surface area (Å²) in [5.41, 5.74) is 4.09. The summed E-state index contributed by atoms with van der Waals surface area (Å²) in [5, 5.41) is 18.9. The Balaban J connectivity index is 1.07. The maximum atomic E-state index is 14.1. The van der Waals surface area contributed by atoms with E-state index in [4.69, 9.17) is 0 Å². The fourth-order valence-corrected chi connectivity index (χ4v) is 10.1. The van der Waals surface area contributed by atoms with E-state index in [1.807, 2.05) is 48.2 Å². The monoisotopic (exact) mass is 690 g/mol. The van der Waals surface area contributed by atoms with Gasteiger partial charge in [0.05, 0.1) is 48.0 Å². The van der Waals surface area contributed by atoms with Gasteiger partial charge in [-0.3, -0.25) is 4.79 Å². The van der Waals surface area contributed by atoms with Gasteiger partial charge in [0.25, 0.3) is 0 Å². The van der Waals surface area contributed by atoms with E-state index in [0.717, 1.165) is 47.5 Å². The fraction of sp³-hybridized carbons (Fsp3) is 0.471. The van der Waals surface area contributed by atoms with Crippen molar-refractivity contribution in [2.45, 2.75) is 75.0 Å². The second kappa shape index (κ2) is 15.4. The van der Waals surface area contributed by atoms with Crippen molar-refractivity contribution in [1.29, 1.82) is 5.26 Å². The van der Waals surface area contributed by atoms with Gasteiger partial charge >= 0.3 is 6.03 Å². The standard InChI is InChI=1S/C34H42N8O4S2/c35-17-25-11-12-30-26(15-25)19-42(28(16-24-7-2-1-3-8-24)21-41(30)20-27-18-36-23-38-27)48(45,46)14-6-13-37-32(43)10-5-4-9-31-33-29(22-47-31)39-34(44)40-33/h1-3,7-8,11-12,15,18,23,28-29,31,33H,4-6,9-10,13-14,16,19-22H2,(H,36,38)(H,37,43)(H2,39,40,44)/t28-,29+,31?,33+/m1/s1. The van der Waals surface area contributed by atoms with Crippen LogP contribution in [0.3, 0.4) is 0 Å². The first kappa shape index (κ1) is 33.8. The Morgan fingerprint density at radius 3 is 2.77 bits per heavy atom. The SMILES string of the molecule is N#Cc1ccc2c(c1)CN(S(=O)(=O)CCCNC(=O)CCCCC1SC[C@@H]3NC(=O)N[C@H]13)[C@H](Cc1ccccc1)CN2Cc1cnc[nH]1. The van der Waals surface area contributed by atoms with Crippen molar-refractivity contribution in [3.8, 4) is 6.07 Å². The lowest BCUT2D eigenvalue weighted by molar-refractivity contribution is -0.121. The Kier molecular flexibility index (Phi) is 10.9. The molecule has 6 rings (SSSR count). The highest BCUT2D eigenvalue weighted by atomic mass is 32.2. The first-order valence-corrected chi connectivity index (χ1v) is 19.2. The second-order valence-corrected chi connectivity index (χ2v) is 16.0. The van der Waals surface area contributed by atoms with Gasteiger partial charge in [0.1, 0.15) is 0 Å². The summed E-state index contributed by atoms with van der Waals surface area (Å²) in [7, 11) is -3.75. The number of rotatable bonds is 14. The Labute approximate surface area is 286 Å². The minimum atomic E-state index is -3.75. The van der Waals surface area contributed by atoms with Crippen molar-refractivity contribution >= 4 is 39.4 Å². The van der Waals surface area contributed by atoms with Crippen LogP contribution in [0, 0.1) is 11.3 Å². The molecule has 2 saturated heterocycles. The molecule has 4 N–H and O–H groups in total. The quantitative estimate of drug-likeness (QED) is 0.148. The topological polar surface area (TPSA) is 163 Å². The molecular weight excluding hydrogens is 649 g/mol. The summed E-state index contributed by atoms with van der Waals surface area (Å²) in [6.07, 6.45) is 7.18. The van der Waals surface area contributed by atoms with Crippen LogP contribution in [0.25, 0.3) is 0 Å². The van der Waals surface area contributed by atoms with Crippen molar-refractivity contribution < 1.29 is 18.0 Å². The minimum Gasteiger partial charge on any atom is -0.364 e. The number of aromatic amines is 1. The molecule has 14 heteroatoms. The number of thioether (sulfide) groups is 1. The summed E-state index contributed by atoms with van der Waals surface area (Å²) in [5.74, 6) is 0.733. The number of hydrogen-bond donors (Lipinski definition) is 4. The van der Waals surface area contributed by atoms with Gasteiger partial charge in [-0.2, -0.15) is 21.3 Å². The molecule has 3 aromatic rings. The van der Waals surface area contributed by atoms with Crippen LogP contribution in [-0.2, 0) is 34.3 Å². The molecular formula is C34H42N8O4S2. The Bertz CT molecular complexity index is 1710. The van der Waals surface area contributed by atoms with Crippen LogP contribution in [0.5, 0.6) is 0 Å². The number of urea groups is 1. The number of anilines is 1. The molecule has 0 bridgehead atoms. The molecule has 1 unspecified atom stereocenters. The van der Waals surface area contributed by atoms with Gasteiger partial charge in [0.2, 0.25) is 15.9 Å². The van der Waals surface area contributed by atoms with Crippen LogP contribution < -0.4 is 20.9 Å². The smallest absolute Gasteiger partial charge is 0.315 e. The number of imidazole rings is 1. The Morgan fingerprint density at radius 2 is 1.98 bits per heavy atom. The molecule has 48 heavy (non-hydrogen) atoms. The molecule has 0 aliphatic carbocycles. The average molecular weight is 691 g/mol. The summed E-state index contributed by atoms with van der Waals surface area (Å²) in [6, 6.07) is 17.4. The number of unbranched alkanes of at least 4 members (excludes halogenated alkanes) is 1. The normalized spacial score (nSPS) is 22.2. The minimum absolute atomic E-state index is 0.0793. The molecule has 4 heterocycles. The zero-order valence-corrected chi connectivity index (χ0v) is 28.4. The second-order valence-electron chi connectivity index (χ2n) is 12.7. The van der Waals surface area contributed by atoms with Crippen molar-refractivity contribution in [2.75, 3.05) is 29.5 Å².